The summed E-state index contributed by atoms with van der Waals surface area (Å²) in [5, 5.41) is 0. The maximum absolute atomic E-state index is 5.27. The molecule has 0 saturated heterocycles. The molecular formula is C58H37N5. The molecule has 0 amide bonds. The number of para-hydroxylation sites is 2. The van der Waals surface area contributed by atoms with Crippen LogP contribution in [0.2, 0.25) is 0 Å². The Labute approximate surface area is 365 Å². The van der Waals surface area contributed by atoms with Crippen LogP contribution in [0, 0.1) is 0 Å². The molecule has 3 heterocycles. The molecule has 5 heteroatoms. The van der Waals surface area contributed by atoms with E-state index < -0.39 is 0 Å². The van der Waals surface area contributed by atoms with Gasteiger partial charge < -0.3 is 0 Å². The summed E-state index contributed by atoms with van der Waals surface area (Å²) in [6.07, 6.45) is 0. The minimum atomic E-state index is 0.621. The molecule has 1 aliphatic heterocycles. The first-order valence-corrected chi connectivity index (χ1v) is 21.2. The van der Waals surface area contributed by atoms with Crippen molar-refractivity contribution in [1.82, 2.24) is 24.5 Å². The maximum Gasteiger partial charge on any atom is 0.164 e. The molecule has 0 bridgehead atoms. The van der Waals surface area contributed by atoms with Crippen molar-refractivity contribution < 1.29 is 0 Å². The zero-order valence-corrected chi connectivity index (χ0v) is 34.1. The number of nitrogens with zero attached hydrogens (tertiary/aromatic N) is 5. The van der Waals surface area contributed by atoms with Crippen molar-refractivity contribution in [3.05, 3.63) is 224 Å². The maximum atomic E-state index is 5.27. The highest BCUT2D eigenvalue weighted by Crippen LogP contribution is 2.45. The average molecular weight is 804 g/mol. The minimum Gasteiger partial charge on any atom is -0.291 e. The molecular weight excluding hydrogens is 767 g/mol. The Bertz CT molecular complexity index is 3500. The zero-order chi connectivity index (χ0) is 41.7. The van der Waals surface area contributed by atoms with Crippen LogP contribution in [0.25, 0.3) is 118 Å². The van der Waals surface area contributed by atoms with Gasteiger partial charge in [-0.25, -0.2) is 19.9 Å². The largest absolute Gasteiger partial charge is 0.291 e. The van der Waals surface area contributed by atoms with Gasteiger partial charge in [-0.05, 0) is 68.8 Å². The van der Waals surface area contributed by atoms with E-state index in [4.69, 9.17) is 19.9 Å². The van der Waals surface area contributed by atoms with Gasteiger partial charge in [0.1, 0.15) is 5.82 Å². The van der Waals surface area contributed by atoms with Crippen LogP contribution in [0.15, 0.2) is 224 Å². The fraction of sp³-hybridized carbons (Fsp3) is 0. The topological polar surface area (TPSA) is 56.5 Å². The smallest absolute Gasteiger partial charge is 0.164 e. The van der Waals surface area contributed by atoms with E-state index in [0.717, 1.165) is 78.2 Å². The highest BCUT2D eigenvalue weighted by atomic mass is 15.1. The van der Waals surface area contributed by atoms with Crippen molar-refractivity contribution in [1.29, 1.82) is 0 Å². The summed E-state index contributed by atoms with van der Waals surface area (Å²) in [6, 6.07) is 78.7. The van der Waals surface area contributed by atoms with Crippen LogP contribution >= 0.6 is 0 Å². The van der Waals surface area contributed by atoms with Crippen LogP contribution < -0.4 is 0 Å². The van der Waals surface area contributed by atoms with E-state index in [-0.39, 0.29) is 0 Å². The highest BCUT2D eigenvalue weighted by Gasteiger charge is 2.25. The van der Waals surface area contributed by atoms with Crippen molar-refractivity contribution in [3.63, 3.8) is 0 Å². The van der Waals surface area contributed by atoms with Gasteiger partial charge in [-0.2, -0.15) is 0 Å². The molecule has 0 spiro atoms. The third kappa shape index (κ3) is 6.42. The normalized spacial score (nSPS) is 11.5. The number of rotatable bonds is 7. The highest BCUT2D eigenvalue weighted by molar-refractivity contribution is 6.03. The Morgan fingerprint density at radius 3 is 1.43 bits per heavy atom. The first-order chi connectivity index (χ1) is 31.2. The predicted octanol–water partition coefficient (Wildman–Crippen LogP) is 14.5. The Balaban J connectivity index is 0.907. The lowest BCUT2D eigenvalue weighted by atomic mass is 9.94. The second-order valence-electron chi connectivity index (χ2n) is 15.8. The van der Waals surface area contributed by atoms with Crippen molar-refractivity contribution >= 4 is 11.0 Å². The summed E-state index contributed by atoms with van der Waals surface area (Å²) < 4.78 is 2.35. The predicted molar refractivity (Wildman–Crippen MR) is 257 cm³/mol. The molecule has 1 aliphatic rings. The molecule has 5 nitrogen and oxygen atoms in total. The second-order valence-corrected chi connectivity index (χ2v) is 15.8. The molecule has 0 fully saturated rings. The molecule has 0 atom stereocenters. The van der Waals surface area contributed by atoms with E-state index in [1.165, 1.54) is 22.3 Å². The molecule has 0 radical (unpaired) electrons. The van der Waals surface area contributed by atoms with E-state index in [9.17, 15) is 0 Å². The lowest BCUT2D eigenvalue weighted by molar-refractivity contribution is 1.07. The minimum absolute atomic E-state index is 0.621. The first-order valence-electron chi connectivity index (χ1n) is 21.2. The van der Waals surface area contributed by atoms with Crippen LogP contribution in [0.5, 0.6) is 0 Å². The summed E-state index contributed by atoms with van der Waals surface area (Å²) >= 11 is 0. The lowest BCUT2D eigenvalue weighted by Gasteiger charge is -2.14. The average Bonchev–Trinajstić information content (AvgIpc) is 3.71. The van der Waals surface area contributed by atoms with Gasteiger partial charge in [-0.3, -0.25) is 4.57 Å². The van der Waals surface area contributed by atoms with Crippen LogP contribution in [0.4, 0.5) is 0 Å². The fourth-order valence-corrected chi connectivity index (χ4v) is 9.04. The van der Waals surface area contributed by atoms with Gasteiger partial charge in [-0.15, -0.1) is 0 Å². The van der Waals surface area contributed by atoms with E-state index in [1.807, 2.05) is 42.5 Å². The molecule has 12 rings (SSSR count). The number of hydrogen-bond donors (Lipinski definition) is 0. The van der Waals surface area contributed by atoms with Crippen molar-refractivity contribution in [3.8, 4) is 107 Å². The van der Waals surface area contributed by atoms with Gasteiger partial charge in [0.25, 0.3) is 0 Å². The number of fused-ring (bicyclic) bond motifs is 5. The second kappa shape index (κ2) is 15.2. The van der Waals surface area contributed by atoms with Crippen LogP contribution in [-0.2, 0) is 0 Å². The molecule has 0 saturated carbocycles. The van der Waals surface area contributed by atoms with Gasteiger partial charge in [0, 0.05) is 33.4 Å². The molecule has 0 N–H and O–H groups in total. The van der Waals surface area contributed by atoms with Crippen molar-refractivity contribution in [2.75, 3.05) is 0 Å². The Kier molecular flexibility index (Phi) is 8.75. The van der Waals surface area contributed by atoms with E-state index >= 15 is 0 Å². The standard InChI is InChI=1S/C58H37N5/c1-3-16-39(17-4-1)46-24-7-10-28-51(46)57-61-55(40-18-5-2-6-19-40)60-56(62-57)45-23-14-22-44(37-45)43-21-13-20-42(36-43)38-32-34-41(35-33-38)58-59-52-30-15-29-50-48-26-9-8-25-47(48)49-27-11-12-31-53(49)63(58)54(50)52/h1-37H. The Hall–Kier alpha value is -8.54. The molecule has 294 valence electrons. The zero-order valence-electron chi connectivity index (χ0n) is 34.1. The molecule has 9 aromatic carbocycles. The molecule has 0 unspecified atom stereocenters. The number of aromatic nitrogens is 5. The van der Waals surface area contributed by atoms with Crippen LogP contribution in [0.3, 0.4) is 0 Å². The summed E-state index contributed by atoms with van der Waals surface area (Å²) in [7, 11) is 0. The molecule has 2 aromatic heterocycles. The fourth-order valence-electron chi connectivity index (χ4n) is 9.04. The quantitative estimate of drug-likeness (QED) is 0.161. The summed E-state index contributed by atoms with van der Waals surface area (Å²) in [5.41, 5.74) is 18.6. The summed E-state index contributed by atoms with van der Waals surface area (Å²) in [4.78, 5) is 20.6. The number of imidazole rings is 1. The van der Waals surface area contributed by atoms with Crippen molar-refractivity contribution in [2.45, 2.75) is 0 Å². The van der Waals surface area contributed by atoms with Gasteiger partial charge in [0.05, 0.1) is 16.7 Å². The van der Waals surface area contributed by atoms with E-state index in [0.29, 0.717) is 17.5 Å². The van der Waals surface area contributed by atoms with E-state index in [1.54, 1.807) is 0 Å². The summed E-state index contributed by atoms with van der Waals surface area (Å²) in [5.74, 6) is 2.81. The monoisotopic (exact) mass is 803 g/mol. The van der Waals surface area contributed by atoms with Gasteiger partial charge >= 0.3 is 0 Å². The number of hydrogen-bond acceptors (Lipinski definition) is 4. The van der Waals surface area contributed by atoms with Crippen molar-refractivity contribution in [2.24, 2.45) is 0 Å². The molecule has 11 aromatic rings. The number of benzene rings is 9. The Morgan fingerprint density at radius 1 is 0.254 bits per heavy atom. The third-order valence-electron chi connectivity index (χ3n) is 12.0. The molecule has 63 heavy (non-hydrogen) atoms. The van der Waals surface area contributed by atoms with Crippen LogP contribution in [-0.4, -0.2) is 24.5 Å². The van der Waals surface area contributed by atoms with Gasteiger partial charge in [0.15, 0.2) is 17.5 Å². The SMILES string of the molecule is c1ccc(-c2nc(-c3cccc(-c4cccc(-c5ccc(-c6nc7cccc8c7n6-c6ccccc6-c6ccccc6-8)cc5)c4)c3)nc(-c3ccccc3-c3ccccc3)n2)cc1. The third-order valence-corrected chi connectivity index (χ3v) is 12.0. The Morgan fingerprint density at radius 2 is 0.714 bits per heavy atom. The van der Waals surface area contributed by atoms with E-state index in [2.05, 4.69) is 187 Å². The van der Waals surface area contributed by atoms with Gasteiger partial charge in [-0.1, -0.05) is 200 Å². The van der Waals surface area contributed by atoms with Gasteiger partial charge in [0.2, 0.25) is 0 Å². The van der Waals surface area contributed by atoms with Crippen LogP contribution in [0.1, 0.15) is 0 Å². The molecule has 0 aliphatic carbocycles. The lowest BCUT2D eigenvalue weighted by Crippen LogP contribution is -2.01. The first kappa shape index (κ1) is 36.3. The summed E-state index contributed by atoms with van der Waals surface area (Å²) in [6.45, 7) is 0.